The number of furan rings is 2. The summed E-state index contributed by atoms with van der Waals surface area (Å²) in [7, 11) is 0. The zero-order valence-electron chi connectivity index (χ0n) is 31.1. The summed E-state index contributed by atoms with van der Waals surface area (Å²) in [5, 5.41) is 8.82. The average Bonchev–Trinajstić information content (AvgIpc) is 3.88. The van der Waals surface area contributed by atoms with E-state index in [4.69, 9.17) is 23.8 Å². The fraction of sp³-hybridized carbons (Fsp3) is 0. The molecule has 0 saturated heterocycles. The fourth-order valence-electron chi connectivity index (χ4n) is 8.51. The lowest BCUT2D eigenvalue weighted by Gasteiger charge is -2.11. The lowest BCUT2D eigenvalue weighted by Crippen LogP contribution is -2.00. The molecule has 0 radical (unpaired) electrons. The fourth-order valence-corrected chi connectivity index (χ4v) is 8.51. The van der Waals surface area contributed by atoms with Crippen LogP contribution < -0.4 is 0 Å². The molecule has 0 aliphatic carbocycles. The van der Waals surface area contributed by atoms with Crippen LogP contribution in [0.4, 0.5) is 0 Å². The monoisotopic (exact) mass is 741 g/mol. The summed E-state index contributed by atoms with van der Waals surface area (Å²) in [6, 6.07) is 65.1. The number of fused-ring (bicyclic) bond motifs is 9. The van der Waals surface area contributed by atoms with Crippen LogP contribution in [-0.2, 0) is 0 Å². The standard InChI is InChI=1S/C53H31N3O2/c1-2-11-34(12-3-1)41-15-8-16-43-49-44(17-9-19-46(49)58-50(41)43)53-55-51(35-23-20-33(21-24-35)37-25-22-32-10-4-5-13-36(32)30-37)54-52(56-53)39-26-28-40-38(31-39)27-29-47-48(40)42-14-6-7-18-45(42)57-47/h1-31H. The first-order chi connectivity index (χ1) is 28.7. The van der Waals surface area contributed by atoms with Crippen molar-refractivity contribution < 1.29 is 8.83 Å². The number of aromatic nitrogens is 3. The van der Waals surface area contributed by atoms with Crippen molar-refractivity contribution in [1.82, 2.24) is 15.0 Å². The summed E-state index contributed by atoms with van der Waals surface area (Å²) < 4.78 is 12.9. The number of hydrogen-bond donors (Lipinski definition) is 0. The minimum Gasteiger partial charge on any atom is -0.456 e. The third-order valence-corrected chi connectivity index (χ3v) is 11.3. The van der Waals surface area contributed by atoms with Gasteiger partial charge in [-0.25, -0.2) is 15.0 Å². The first kappa shape index (κ1) is 32.4. The summed E-state index contributed by atoms with van der Waals surface area (Å²) >= 11 is 0. The van der Waals surface area contributed by atoms with Crippen LogP contribution in [0.3, 0.4) is 0 Å². The second-order valence-electron chi connectivity index (χ2n) is 14.7. The van der Waals surface area contributed by atoms with Crippen molar-refractivity contribution in [3.05, 3.63) is 188 Å². The molecule has 58 heavy (non-hydrogen) atoms. The van der Waals surface area contributed by atoms with Crippen molar-refractivity contribution in [2.75, 3.05) is 0 Å². The first-order valence-electron chi connectivity index (χ1n) is 19.4. The molecule has 0 spiro atoms. The van der Waals surface area contributed by atoms with Crippen LogP contribution in [0, 0.1) is 0 Å². The normalized spacial score (nSPS) is 11.8. The van der Waals surface area contributed by atoms with E-state index in [9.17, 15) is 0 Å². The highest BCUT2D eigenvalue weighted by Crippen LogP contribution is 2.41. The van der Waals surface area contributed by atoms with Gasteiger partial charge in [-0.2, -0.15) is 0 Å². The molecule has 0 amide bonds. The van der Waals surface area contributed by atoms with Gasteiger partial charge in [0.1, 0.15) is 22.3 Å². The Morgan fingerprint density at radius 3 is 1.81 bits per heavy atom. The number of hydrogen-bond acceptors (Lipinski definition) is 5. The number of nitrogens with zero attached hydrogens (tertiary/aromatic N) is 3. The van der Waals surface area contributed by atoms with Gasteiger partial charge in [0.15, 0.2) is 17.5 Å². The highest BCUT2D eigenvalue weighted by atomic mass is 16.3. The zero-order valence-corrected chi connectivity index (χ0v) is 31.1. The third kappa shape index (κ3) is 5.21. The van der Waals surface area contributed by atoms with Gasteiger partial charge in [0.25, 0.3) is 0 Å². The summed E-state index contributed by atoms with van der Waals surface area (Å²) in [5.74, 6) is 1.76. The van der Waals surface area contributed by atoms with Gasteiger partial charge in [-0.1, -0.05) is 158 Å². The predicted octanol–water partition coefficient (Wildman–Crippen LogP) is 14.3. The first-order valence-corrected chi connectivity index (χ1v) is 19.4. The van der Waals surface area contributed by atoms with Gasteiger partial charge in [-0.05, 0) is 68.6 Å². The van der Waals surface area contributed by atoms with Crippen LogP contribution in [0.25, 0.3) is 122 Å². The summed E-state index contributed by atoms with van der Waals surface area (Å²) in [6.45, 7) is 0. The number of benzene rings is 9. The lowest BCUT2D eigenvalue weighted by atomic mass is 9.99. The second kappa shape index (κ2) is 12.8. The molecule has 0 atom stereocenters. The van der Waals surface area contributed by atoms with Crippen molar-refractivity contribution in [3.63, 3.8) is 0 Å². The zero-order chi connectivity index (χ0) is 38.2. The van der Waals surface area contributed by atoms with Gasteiger partial charge < -0.3 is 8.83 Å². The van der Waals surface area contributed by atoms with Gasteiger partial charge in [-0.3, -0.25) is 0 Å². The van der Waals surface area contributed by atoms with Crippen LogP contribution in [0.2, 0.25) is 0 Å². The molecule has 9 aromatic carbocycles. The second-order valence-corrected chi connectivity index (χ2v) is 14.7. The molecule has 270 valence electrons. The van der Waals surface area contributed by atoms with Crippen LogP contribution in [0.1, 0.15) is 0 Å². The van der Waals surface area contributed by atoms with E-state index < -0.39 is 0 Å². The van der Waals surface area contributed by atoms with Gasteiger partial charge in [-0.15, -0.1) is 0 Å². The highest BCUT2D eigenvalue weighted by Gasteiger charge is 2.20. The van der Waals surface area contributed by atoms with Crippen LogP contribution in [0.15, 0.2) is 197 Å². The van der Waals surface area contributed by atoms with Gasteiger partial charge >= 0.3 is 0 Å². The largest absolute Gasteiger partial charge is 0.456 e. The SMILES string of the molecule is c1ccc(-c2cccc3c2oc2cccc(-c4nc(-c5ccc(-c6ccc7ccccc7c6)cc5)nc(-c5ccc6c(ccc7oc8ccccc8c76)c5)n4)c23)cc1. The molecule has 0 saturated carbocycles. The lowest BCUT2D eigenvalue weighted by molar-refractivity contribution is 0.669. The van der Waals surface area contributed by atoms with E-state index in [-0.39, 0.29) is 0 Å². The quantitative estimate of drug-likeness (QED) is 0.176. The minimum absolute atomic E-state index is 0.577. The van der Waals surface area contributed by atoms with Crippen LogP contribution in [0.5, 0.6) is 0 Å². The van der Waals surface area contributed by atoms with E-state index in [0.29, 0.717) is 17.5 Å². The Balaban J connectivity index is 1.04. The molecule has 0 unspecified atom stereocenters. The molecule has 0 bridgehead atoms. The van der Waals surface area contributed by atoms with E-state index in [1.54, 1.807) is 0 Å². The maximum atomic E-state index is 6.64. The van der Waals surface area contributed by atoms with E-state index in [0.717, 1.165) is 93.6 Å². The third-order valence-electron chi connectivity index (χ3n) is 11.3. The molecular weight excluding hydrogens is 711 g/mol. The van der Waals surface area contributed by atoms with Crippen LogP contribution >= 0.6 is 0 Å². The molecule has 5 heteroatoms. The Kier molecular flexibility index (Phi) is 7.16. The molecule has 0 fully saturated rings. The molecule has 3 heterocycles. The summed E-state index contributed by atoms with van der Waals surface area (Å²) in [5.41, 5.74) is 10.5. The predicted molar refractivity (Wildman–Crippen MR) is 237 cm³/mol. The van der Waals surface area contributed by atoms with Crippen molar-refractivity contribution in [1.29, 1.82) is 0 Å². The van der Waals surface area contributed by atoms with Crippen LogP contribution in [-0.4, -0.2) is 15.0 Å². The molecule has 12 rings (SSSR count). The summed E-state index contributed by atoms with van der Waals surface area (Å²) in [4.78, 5) is 15.6. The number of para-hydroxylation sites is 2. The van der Waals surface area contributed by atoms with Gasteiger partial charge in [0, 0.05) is 43.8 Å². The van der Waals surface area contributed by atoms with Gasteiger partial charge in [0.2, 0.25) is 0 Å². The van der Waals surface area contributed by atoms with E-state index in [1.165, 1.54) is 10.8 Å². The Hall–Kier alpha value is -7.89. The Bertz CT molecular complexity index is 3570. The molecule has 0 aliphatic rings. The van der Waals surface area contributed by atoms with Crippen molar-refractivity contribution >= 4 is 65.4 Å². The maximum Gasteiger partial charge on any atom is 0.164 e. The molecule has 5 nitrogen and oxygen atoms in total. The molecule has 0 aliphatic heterocycles. The Morgan fingerprint density at radius 1 is 0.293 bits per heavy atom. The van der Waals surface area contributed by atoms with Crippen molar-refractivity contribution in [2.45, 2.75) is 0 Å². The minimum atomic E-state index is 0.577. The van der Waals surface area contributed by atoms with E-state index >= 15 is 0 Å². The van der Waals surface area contributed by atoms with E-state index in [1.807, 2.05) is 30.3 Å². The smallest absolute Gasteiger partial charge is 0.164 e. The van der Waals surface area contributed by atoms with Crippen molar-refractivity contribution in [2.24, 2.45) is 0 Å². The topological polar surface area (TPSA) is 65.0 Å². The molecule has 12 aromatic rings. The van der Waals surface area contributed by atoms with E-state index in [2.05, 4.69) is 158 Å². The van der Waals surface area contributed by atoms with Gasteiger partial charge in [0.05, 0.1) is 0 Å². The Labute approximate surface area is 332 Å². The molecule has 3 aromatic heterocycles. The van der Waals surface area contributed by atoms with Crippen molar-refractivity contribution in [3.8, 4) is 56.4 Å². The average molecular weight is 742 g/mol. The number of rotatable bonds is 5. The maximum absolute atomic E-state index is 6.64. The molecular formula is C53H31N3O2. The Morgan fingerprint density at radius 2 is 0.914 bits per heavy atom. The summed E-state index contributed by atoms with van der Waals surface area (Å²) in [6.07, 6.45) is 0. The molecule has 0 N–H and O–H groups in total. The highest BCUT2D eigenvalue weighted by molar-refractivity contribution is 6.19.